The lowest BCUT2D eigenvalue weighted by Gasteiger charge is -2.35. The second-order valence-electron chi connectivity index (χ2n) is 7.47. The van der Waals surface area contributed by atoms with Crippen LogP contribution in [0.25, 0.3) is 22.0 Å². The topological polar surface area (TPSA) is 19.4 Å². The molecule has 1 atom stereocenters. The number of halogens is 1. The summed E-state index contributed by atoms with van der Waals surface area (Å²) in [6.07, 6.45) is -0.398. The predicted octanol–water partition coefficient (Wildman–Crippen LogP) is 6.10. The minimum atomic E-state index is -0.899. The molecule has 0 amide bonds. The SMILES string of the molecule is C.CCC(F)c1ccc(-c2cc3ccccc3c(N3CCN(CC)CC3)n2)cc1. The van der Waals surface area contributed by atoms with Gasteiger partial charge in [0.15, 0.2) is 0 Å². The summed E-state index contributed by atoms with van der Waals surface area (Å²) >= 11 is 0. The molecule has 1 saturated heterocycles. The number of hydrogen-bond donors (Lipinski definition) is 0. The van der Waals surface area contributed by atoms with Crippen LogP contribution in [0.5, 0.6) is 0 Å². The van der Waals surface area contributed by atoms with Gasteiger partial charge >= 0.3 is 0 Å². The first kappa shape index (κ1) is 21.3. The number of piperazine rings is 1. The van der Waals surface area contributed by atoms with Gasteiger partial charge in [-0.2, -0.15) is 0 Å². The lowest BCUT2D eigenvalue weighted by Crippen LogP contribution is -2.46. The highest BCUT2D eigenvalue weighted by Gasteiger charge is 2.20. The number of pyridine rings is 1. The highest BCUT2D eigenvalue weighted by Crippen LogP contribution is 2.31. The summed E-state index contributed by atoms with van der Waals surface area (Å²) in [6.45, 7) is 9.31. The highest BCUT2D eigenvalue weighted by atomic mass is 19.1. The van der Waals surface area contributed by atoms with Crippen LogP contribution >= 0.6 is 0 Å². The van der Waals surface area contributed by atoms with Crippen molar-refractivity contribution in [1.82, 2.24) is 9.88 Å². The van der Waals surface area contributed by atoms with Crippen LogP contribution in [0.1, 0.15) is 39.4 Å². The van der Waals surface area contributed by atoms with Crippen molar-refractivity contribution in [3.63, 3.8) is 0 Å². The van der Waals surface area contributed by atoms with Gasteiger partial charge in [0.25, 0.3) is 0 Å². The van der Waals surface area contributed by atoms with E-state index >= 15 is 0 Å². The number of aromatic nitrogens is 1. The quantitative estimate of drug-likeness (QED) is 0.522. The van der Waals surface area contributed by atoms with Crippen molar-refractivity contribution < 1.29 is 4.39 Å². The minimum absolute atomic E-state index is 0. The van der Waals surface area contributed by atoms with E-state index in [1.807, 2.05) is 31.2 Å². The number of nitrogens with zero attached hydrogens (tertiary/aromatic N) is 3. The van der Waals surface area contributed by atoms with E-state index in [-0.39, 0.29) is 7.43 Å². The Bertz CT molecular complexity index is 930. The van der Waals surface area contributed by atoms with Crippen molar-refractivity contribution >= 4 is 16.6 Å². The zero-order valence-electron chi connectivity index (χ0n) is 16.7. The summed E-state index contributed by atoms with van der Waals surface area (Å²) in [7, 11) is 0. The Morgan fingerprint density at radius 3 is 2.31 bits per heavy atom. The number of fused-ring (bicyclic) bond motifs is 1. The van der Waals surface area contributed by atoms with Gasteiger partial charge in [0.2, 0.25) is 0 Å². The van der Waals surface area contributed by atoms with Crippen LogP contribution < -0.4 is 4.90 Å². The maximum absolute atomic E-state index is 13.9. The zero-order chi connectivity index (χ0) is 19.5. The maximum Gasteiger partial charge on any atom is 0.137 e. The van der Waals surface area contributed by atoms with Crippen LogP contribution in [0.15, 0.2) is 54.6 Å². The summed E-state index contributed by atoms with van der Waals surface area (Å²) in [4.78, 5) is 9.93. The molecule has 0 aliphatic carbocycles. The van der Waals surface area contributed by atoms with Crippen molar-refractivity contribution in [2.45, 2.75) is 33.9 Å². The van der Waals surface area contributed by atoms with E-state index in [2.05, 4.69) is 47.1 Å². The molecule has 29 heavy (non-hydrogen) atoms. The van der Waals surface area contributed by atoms with Gasteiger partial charge < -0.3 is 9.80 Å². The number of anilines is 1. The molecule has 0 N–H and O–H groups in total. The van der Waals surface area contributed by atoms with Crippen molar-refractivity contribution in [2.24, 2.45) is 0 Å². The Kier molecular flexibility index (Phi) is 6.86. The molecule has 3 nitrogen and oxygen atoms in total. The fraction of sp³-hybridized carbons (Fsp3) is 0.400. The monoisotopic (exact) mass is 393 g/mol. The molecule has 4 rings (SSSR count). The van der Waals surface area contributed by atoms with E-state index in [1.54, 1.807) is 0 Å². The second kappa shape index (κ2) is 9.36. The smallest absolute Gasteiger partial charge is 0.137 e. The number of benzene rings is 2. The molecule has 1 fully saturated rings. The molecule has 154 valence electrons. The molecule has 0 radical (unpaired) electrons. The third-order valence-electron chi connectivity index (χ3n) is 5.77. The molecule has 3 aromatic rings. The first-order valence-electron chi connectivity index (χ1n) is 10.3. The van der Waals surface area contributed by atoms with Gasteiger partial charge in [-0.15, -0.1) is 0 Å². The van der Waals surface area contributed by atoms with Crippen LogP contribution in [-0.4, -0.2) is 42.6 Å². The summed E-state index contributed by atoms with van der Waals surface area (Å²) in [5.74, 6) is 1.06. The van der Waals surface area contributed by atoms with Crippen molar-refractivity contribution in [1.29, 1.82) is 0 Å². The summed E-state index contributed by atoms with van der Waals surface area (Å²) in [6, 6.07) is 18.4. The molecule has 4 heteroatoms. The van der Waals surface area contributed by atoms with Gasteiger partial charge in [0.05, 0.1) is 5.69 Å². The van der Waals surface area contributed by atoms with E-state index in [0.717, 1.165) is 55.4 Å². The standard InChI is InChI=1S/C24H28FN3.CH4/c1-3-22(25)18-9-11-19(12-10-18)23-17-20-7-5-6-8-21(20)24(26-23)28-15-13-27(4-2)14-16-28;/h5-12,17,22H,3-4,13-16H2,1-2H3;1H4. The van der Waals surface area contributed by atoms with Gasteiger partial charge in [0.1, 0.15) is 12.0 Å². The highest BCUT2D eigenvalue weighted by molar-refractivity contribution is 5.95. The van der Waals surface area contributed by atoms with Crippen LogP contribution in [0, 0.1) is 0 Å². The van der Waals surface area contributed by atoms with Crippen molar-refractivity contribution in [2.75, 3.05) is 37.6 Å². The normalized spacial score (nSPS) is 15.9. The number of likely N-dealkylation sites (N-methyl/N-ethyl adjacent to an activating group) is 1. The van der Waals surface area contributed by atoms with Crippen LogP contribution in [0.2, 0.25) is 0 Å². The third-order valence-corrected chi connectivity index (χ3v) is 5.77. The number of hydrogen-bond acceptors (Lipinski definition) is 3. The van der Waals surface area contributed by atoms with Gasteiger partial charge in [-0.1, -0.05) is 69.8 Å². The fourth-order valence-corrected chi connectivity index (χ4v) is 3.94. The maximum atomic E-state index is 13.9. The first-order chi connectivity index (χ1) is 13.7. The molecule has 0 saturated carbocycles. The second-order valence-corrected chi connectivity index (χ2v) is 7.47. The first-order valence-corrected chi connectivity index (χ1v) is 10.3. The molecule has 2 heterocycles. The van der Waals surface area contributed by atoms with Crippen LogP contribution in [0.3, 0.4) is 0 Å². The summed E-state index contributed by atoms with van der Waals surface area (Å²) < 4.78 is 13.9. The Balaban J connectivity index is 0.00000240. The molecule has 1 aromatic heterocycles. The lowest BCUT2D eigenvalue weighted by molar-refractivity contribution is 0.271. The molecule has 0 bridgehead atoms. The summed E-state index contributed by atoms with van der Waals surface area (Å²) in [5, 5.41) is 2.39. The van der Waals surface area contributed by atoms with E-state index in [4.69, 9.17) is 4.98 Å². The predicted molar refractivity (Wildman–Crippen MR) is 122 cm³/mol. The summed E-state index contributed by atoms with van der Waals surface area (Å²) in [5.41, 5.74) is 2.72. The Hall–Kier alpha value is -2.46. The van der Waals surface area contributed by atoms with Crippen LogP contribution in [0.4, 0.5) is 10.2 Å². The van der Waals surface area contributed by atoms with E-state index in [9.17, 15) is 4.39 Å². The Morgan fingerprint density at radius 2 is 1.66 bits per heavy atom. The number of alkyl halides is 1. The van der Waals surface area contributed by atoms with E-state index in [0.29, 0.717) is 6.42 Å². The Labute approximate surface area is 174 Å². The van der Waals surface area contributed by atoms with E-state index < -0.39 is 6.17 Å². The molecule has 2 aromatic carbocycles. The third kappa shape index (κ3) is 4.43. The van der Waals surface area contributed by atoms with Gasteiger partial charge in [0, 0.05) is 37.1 Å². The number of rotatable bonds is 5. The average molecular weight is 394 g/mol. The molecular weight excluding hydrogens is 361 g/mol. The van der Waals surface area contributed by atoms with Crippen molar-refractivity contribution in [3.8, 4) is 11.3 Å². The lowest BCUT2D eigenvalue weighted by atomic mass is 10.0. The fourth-order valence-electron chi connectivity index (χ4n) is 3.94. The molecule has 1 unspecified atom stereocenters. The van der Waals surface area contributed by atoms with Gasteiger partial charge in [-0.25, -0.2) is 9.37 Å². The molecule has 0 spiro atoms. The Morgan fingerprint density at radius 1 is 0.966 bits per heavy atom. The minimum Gasteiger partial charge on any atom is -0.354 e. The van der Waals surface area contributed by atoms with Crippen molar-refractivity contribution in [3.05, 3.63) is 60.2 Å². The molecule has 1 aliphatic rings. The largest absolute Gasteiger partial charge is 0.354 e. The zero-order valence-corrected chi connectivity index (χ0v) is 16.7. The van der Waals surface area contributed by atoms with E-state index in [1.165, 1.54) is 10.8 Å². The van der Waals surface area contributed by atoms with Gasteiger partial charge in [-0.3, -0.25) is 0 Å². The van der Waals surface area contributed by atoms with Gasteiger partial charge in [-0.05, 0) is 30.0 Å². The molecular formula is C25H32FN3. The van der Waals surface area contributed by atoms with Crippen LogP contribution in [-0.2, 0) is 0 Å². The average Bonchev–Trinajstić information content (AvgIpc) is 2.78. The molecule has 1 aliphatic heterocycles.